The fraction of sp³-hybridized carbons (Fsp3) is 0.435. The number of nitrogens with one attached hydrogen (secondary N) is 1. The molecule has 1 amide bonds. The number of para-hydroxylation sites is 1. The smallest absolute Gasteiger partial charge is 0.227 e. The molecule has 0 aliphatic carbocycles. The highest BCUT2D eigenvalue weighted by atomic mass is 35.5. The molecule has 5 nitrogen and oxygen atoms in total. The van der Waals surface area contributed by atoms with Crippen LogP contribution in [0.25, 0.3) is 0 Å². The maximum Gasteiger partial charge on any atom is 0.227 e. The van der Waals surface area contributed by atoms with Crippen molar-refractivity contribution < 1.29 is 13.2 Å². The summed E-state index contributed by atoms with van der Waals surface area (Å²) >= 11 is 5.88. The minimum Gasteiger partial charge on any atom is -0.325 e. The number of halogens is 1. The van der Waals surface area contributed by atoms with Gasteiger partial charge in [-0.3, -0.25) is 4.79 Å². The number of anilines is 1. The molecule has 3 rings (SSSR count). The lowest BCUT2D eigenvalue weighted by Gasteiger charge is -2.31. The Morgan fingerprint density at radius 2 is 1.60 bits per heavy atom. The predicted molar refractivity (Wildman–Crippen MR) is 122 cm³/mol. The van der Waals surface area contributed by atoms with Crippen LogP contribution in [-0.4, -0.2) is 31.7 Å². The number of rotatable bonds is 7. The van der Waals surface area contributed by atoms with Crippen molar-refractivity contribution in [2.24, 2.45) is 5.92 Å². The summed E-state index contributed by atoms with van der Waals surface area (Å²) in [6.07, 6.45) is 2.76. The zero-order valence-corrected chi connectivity index (χ0v) is 19.1. The predicted octanol–water partition coefficient (Wildman–Crippen LogP) is 4.65. The van der Waals surface area contributed by atoms with Crippen LogP contribution in [0, 0.1) is 5.92 Å². The van der Waals surface area contributed by atoms with E-state index in [0.717, 1.165) is 29.7 Å². The molecule has 0 radical (unpaired) electrons. The third-order valence-electron chi connectivity index (χ3n) is 5.73. The third-order valence-corrected chi connectivity index (χ3v) is 7.83. The molecule has 7 heteroatoms. The van der Waals surface area contributed by atoms with Crippen molar-refractivity contribution in [3.8, 4) is 0 Å². The molecule has 1 aliphatic heterocycles. The average Bonchev–Trinajstić information content (AvgIpc) is 2.75. The van der Waals surface area contributed by atoms with Crippen LogP contribution in [0.2, 0.25) is 5.02 Å². The maximum absolute atomic E-state index is 12.9. The second-order valence-corrected chi connectivity index (χ2v) is 10.1. The van der Waals surface area contributed by atoms with Gasteiger partial charge in [0.05, 0.1) is 5.75 Å². The van der Waals surface area contributed by atoms with Gasteiger partial charge in [0.1, 0.15) is 0 Å². The van der Waals surface area contributed by atoms with Gasteiger partial charge in [0.2, 0.25) is 15.9 Å². The van der Waals surface area contributed by atoms with Crippen LogP contribution in [0.5, 0.6) is 0 Å². The Hall–Kier alpha value is -1.89. The molecule has 1 aliphatic rings. The molecule has 162 valence electrons. The van der Waals surface area contributed by atoms with Crippen molar-refractivity contribution in [1.82, 2.24) is 4.31 Å². The van der Waals surface area contributed by atoms with Gasteiger partial charge in [-0.2, -0.15) is 0 Å². The lowest BCUT2D eigenvalue weighted by atomic mass is 9.96. The second-order valence-electron chi connectivity index (χ2n) is 7.70. The molecule has 2 aromatic rings. The summed E-state index contributed by atoms with van der Waals surface area (Å²) in [5.74, 6) is -0.243. The van der Waals surface area contributed by atoms with Crippen LogP contribution < -0.4 is 5.32 Å². The number of piperidine rings is 1. The normalized spacial score (nSPS) is 15.8. The molecule has 0 bridgehead atoms. The van der Waals surface area contributed by atoms with Crippen molar-refractivity contribution in [2.45, 2.75) is 45.3 Å². The Morgan fingerprint density at radius 3 is 2.13 bits per heavy atom. The first-order valence-electron chi connectivity index (χ1n) is 10.5. The van der Waals surface area contributed by atoms with E-state index in [9.17, 15) is 13.2 Å². The van der Waals surface area contributed by atoms with Gasteiger partial charge < -0.3 is 5.32 Å². The topological polar surface area (TPSA) is 66.5 Å². The fourth-order valence-electron chi connectivity index (χ4n) is 3.91. The highest BCUT2D eigenvalue weighted by Crippen LogP contribution is 2.27. The van der Waals surface area contributed by atoms with Crippen molar-refractivity contribution in [1.29, 1.82) is 0 Å². The number of aryl methyl sites for hydroxylation is 2. The molecule has 0 unspecified atom stereocenters. The maximum atomic E-state index is 12.9. The van der Waals surface area contributed by atoms with Crippen LogP contribution in [0.4, 0.5) is 5.69 Å². The van der Waals surface area contributed by atoms with Crippen LogP contribution in [-0.2, 0) is 33.4 Å². The van der Waals surface area contributed by atoms with Gasteiger partial charge in [0.25, 0.3) is 0 Å². The fourth-order valence-corrected chi connectivity index (χ4v) is 5.60. The molecule has 1 saturated heterocycles. The number of amides is 1. The van der Waals surface area contributed by atoms with Gasteiger partial charge in [-0.1, -0.05) is 55.8 Å². The first-order chi connectivity index (χ1) is 14.3. The lowest BCUT2D eigenvalue weighted by molar-refractivity contribution is -0.120. The average molecular weight is 449 g/mol. The lowest BCUT2D eigenvalue weighted by Crippen LogP contribution is -2.42. The minimum absolute atomic E-state index is 0.0136. The summed E-state index contributed by atoms with van der Waals surface area (Å²) in [5.41, 5.74) is 3.89. The second kappa shape index (κ2) is 9.94. The molecule has 0 spiro atoms. The van der Waals surface area contributed by atoms with Gasteiger partial charge in [0.15, 0.2) is 0 Å². The molecule has 0 aromatic heterocycles. The van der Waals surface area contributed by atoms with Crippen LogP contribution in [0.3, 0.4) is 0 Å². The van der Waals surface area contributed by atoms with E-state index in [1.165, 1.54) is 4.31 Å². The van der Waals surface area contributed by atoms with Gasteiger partial charge >= 0.3 is 0 Å². The van der Waals surface area contributed by atoms with E-state index in [1.54, 1.807) is 24.3 Å². The summed E-state index contributed by atoms with van der Waals surface area (Å²) in [4.78, 5) is 12.9. The van der Waals surface area contributed by atoms with Crippen molar-refractivity contribution in [3.05, 3.63) is 64.2 Å². The molecule has 1 N–H and O–H groups in total. The molecule has 0 atom stereocenters. The van der Waals surface area contributed by atoms with Gasteiger partial charge in [-0.15, -0.1) is 0 Å². The number of hydrogen-bond acceptors (Lipinski definition) is 3. The van der Waals surface area contributed by atoms with Gasteiger partial charge in [0, 0.05) is 29.7 Å². The molecule has 1 fully saturated rings. The molecule has 0 saturated carbocycles. The number of carbonyl (C=O) groups excluding carboxylic acids is 1. The number of benzene rings is 2. The highest BCUT2D eigenvalue weighted by Gasteiger charge is 2.31. The van der Waals surface area contributed by atoms with E-state index in [1.807, 2.05) is 18.2 Å². The Morgan fingerprint density at radius 1 is 1.03 bits per heavy atom. The molecule has 1 heterocycles. The third kappa shape index (κ3) is 5.42. The molecular weight excluding hydrogens is 420 g/mol. The van der Waals surface area contributed by atoms with Crippen molar-refractivity contribution >= 4 is 33.2 Å². The van der Waals surface area contributed by atoms with Crippen molar-refractivity contribution in [2.75, 3.05) is 18.4 Å². The Balaban J connectivity index is 1.61. The number of carbonyl (C=O) groups is 1. The Labute approximate surface area is 184 Å². The zero-order valence-electron chi connectivity index (χ0n) is 17.5. The summed E-state index contributed by atoms with van der Waals surface area (Å²) in [5, 5.41) is 3.71. The Bertz CT molecular complexity index is 960. The Kier molecular flexibility index (Phi) is 7.55. The summed E-state index contributed by atoms with van der Waals surface area (Å²) < 4.78 is 27.0. The quantitative estimate of drug-likeness (QED) is 0.670. The standard InChI is InChI=1S/C23H29ClN2O3S/c1-3-18-6-5-7-19(4-2)22(18)25-23(27)20-12-14-26(15-13-20)30(28,29)16-17-8-10-21(24)11-9-17/h5-11,20H,3-4,12-16H2,1-2H3,(H,25,27). The monoisotopic (exact) mass is 448 g/mol. The first kappa shape index (κ1) is 22.8. The summed E-state index contributed by atoms with van der Waals surface area (Å²) in [6.45, 7) is 4.89. The van der Waals surface area contributed by atoms with E-state index < -0.39 is 10.0 Å². The number of nitrogens with zero attached hydrogens (tertiary/aromatic N) is 1. The van der Waals surface area contributed by atoms with Gasteiger partial charge in [-0.25, -0.2) is 12.7 Å². The van der Waals surface area contributed by atoms with E-state index in [4.69, 9.17) is 11.6 Å². The largest absolute Gasteiger partial charge is 0.325 e. The van der Waals surface area contributed by atoms with E-state index in [0.29, 0.717) is 36.5 Å². The van der Waals surface area contributed by atoms with Crippen molar-refractivity contribution in [3.63, 3.8) is 0 Å². The SMILES string of the molecule is CCc1cccc(CC)c1NC(=O)C1CCN(S(=O)(=O)Cc2ccc(Cl)cc2)CC1. The van der Waals surface area contributed by atoms with E-state index >= 15 is 0 Å². The molecule has 2 aromatic carbocycles. The van der Waals surface area contributed by atoms with E-state index in [2.05, 4.69) is 19.2 Å². The highest BCUT2D eigenvalue weighted by molar-refractivity contribution is 7.88. The first-order valence-corrected chi connectivity index (χ1v) is 12.5. The van der Waals surface area contributed by atoms with Crippen LogP contribution in [0.15, 0.2) is 42.5 Å². The van der Waals surface area contributed by atoms with Crippen LogP contribution in [0.1, 0.15) is 43.4 Å². The molecular formula is C23H29ClN2O3S. The van der Waals surface area contributed by atoms with Gasteiger partial charge in [-0.05, 0) is 54.5 Å². The summed E-state index contributed by atoms with van der Waals surface area (Å²) in [7, 11) is -3.42. The zero-order chi connectivity index (χ0) is 21.7. The summed E-state index contributed by atoms with van der Waals surface area (Å²) in [6, 6.07) is 13.0. The minimum atomic E-state index is -3.42. The number of sulfonamides is 1. The molecule has 30 heavy (non-hydrogen) atoms. The van der Waals surface area contributed by atoms with Crippen LogP contribution >= 0.6 is 11.6 Å². The van der Waals surface area contributed by atoms with E-state index in [-0.39, 0.29) is 17.6 Å². The number of hydrogen-bond donors (Lipinski definition) is 1.